The van der Waals surface area contributed by atoms with Crippen molar-refractivity contribution < 1.29 is 4.79 Å². The summed E-state index contributed by atoms with van der Waals surface area (Å²) in [7, 11) is 0. The molecule has 0 heterocycles. The van der Waals surface area contributed by atoms with Crippen LogP contribution in [0.15, 0.2) is 42.5 Å². The zero-order chi connectivity index (χ0) is 13.0. The number of rotatable bonds is 4. The molecular weight excluding hydrogens is 224 g/mol. The molecule has 0 aromatic heterocycles. The van der Waals surface area contributed by atoms with Crippen LogP contribution in [0.25, 0.3) is 10.8 Å². The average molecular weight is 242 g/mol. The molecule has 0 unspecified atom stereocenters. The molecular formula is C15H18N2O. The number of amides is 1. The first kappa shape index (κ1) is 12.6. The van der Waals surface area contributed by atoms with Gasteiger partial charge >= 0.3 is 0 Å². The Morgan fingerprint density at radius 2 is 1.89 bits per heavy atom. The van der Waals surface area contributed by atoms with Gasteiger partial charge in [-0.1, -0.05) is 43.7 Å². The third-order valence-corrected chi connectivity index (χ3v) is 3.01. The highest BCUT2D eigenvalue weighted by atomic mass is 16.2. The number of hydrazine groups is 1. The van der Waals surface area contributed by atoms with Gasteiger partial charge in [0, 0.05) is 12.1 Å². The van der Waals surface area contributed by atoms with Gasteiger partial charge in [0.2, 0.25) is 0 Å². The summed E-state index contributed by atoms with van der Waals surface area (Å²) in [5.74, 6) is 5.65. The van der Waals surface area contributed by atoms with E-state index in [9.17, 15) is 4.79 Å². The molecule has 1 amide bonds. The van der Waals surface area contributed by atoms with Crippen LogP contribution in [0.1, 0.15) is 30.1 Å². The van der Waals surface area contributed by atoms with Crippen LogP contribution in [0, 0.1) is 0 Å². The Bertz CT molecular complexity index is 551. The van der Waals surface area contributed by atoms with Crippen molar-refractivity contribution in [2.45, 2.75) is 19.8 Å². The average Bonchev–Trinajstić information content (AvgIpc) is 2.43. The number of nitrogens with zero attached hydrogens (tertiary/aromatic N) is 1. The summed E-state index contributed by atoms with van der Waals surface area (Å²) in [4.78, 5) is 12.1. The number of carbonyl (C=O) groups is 1. The van der Waals surface area contributed by atoms with E-state index >= 15 is 0 Å². The van der Waals surface area contributed by atoms with Gasteiger partial charge in [0.05, 0.1) is 0 Å². The fourth-order valence-corrected chi connectivity index (χ4v) is 1.92. The second-order valence-corrected chi connectivity index (χ2v) is 4.41. The number of benzene rings is 2. The van der Waals surface area contributed by atoms with Crippen molar-refractivity contribution in [1.82, 2.24) is 5.01 Å². The number of fused-ring (bicyclic) bond motifs is 1. The summed E-state index contributed by atoms with van der Waals surface area (Å²) < 4.78 is 0. The van der Waals surface area contributed by atoms with E-state index in [0.717, 1.165) is 23.6 Å². The van der Waals surface area contributed by atoms with E-state index in [4.69, 9.17) is 5.84 Å². The van der Waals surface area contributed by atoms with Crippen LogP contribution in [-0.2, 0) is 0 Å². The minimum Gasteiger partial charge on any atom is -0.277 e. The van der Waals surface area contributed by atoms with E-state index in [1.54, 1.807) is 0 Å². The van der Waals surface area contributed by atoms with Crippen LogP contribution in [0.2, 0.25) is 0 Å². The first-order chi connectivity index (χ1) is 8.72. The predicted octanol–water partition coefficient (Wildman–Crippen LogP) is 2.96. The molecule has 0 aliphatic rings. The van der Waals surface area contributed by atoms with Crippen molar-refractivity contribution in [3.05, 3.63) is 48.0 Å². The van der Waals surface area contributed by atoms with E-state index in [2.05, 4.69) is 6.92 Å². The van der Waals surface area contributed by atoms with E-state index in [-0.39, 0.29) is 5.91 Å². The van der Waals surface area contributed by atoms with Gasteiger partial charge in [-0.05, 0) is 29.3 Å². The van der Waals surface area contributed by atoms with Gasteiger partial charge in [0.25, 0.3) is 5.91 Å². The third kappa shape index (κ3) is 2.68. The normalized spacial score (nSPS) is 10.6. The fourth-order valence-electron chi connectivity index (χ4n) is 1.92. The van der Waals surface area contributed by atoms with Crippen LogP contribution in [0.5, 0.6) is 0 Å². The van der Waals surface area contributed by atoms with Crippen molar-refractivity contribution >= 4 is 16.7 Å². The maximum Gasteiger partial charge on any atom is 0.267 e. The maximum absolute atomic E-state index is 12.1. The summed E-state index contributed by atoms with van der Waals surface area (Å²) in [6.45, 7) is 2.68. The van der Waals surface area contributed by atoms with E-state index in [0.29, 0.717) is 12.1 Å². The minimum atomic E-state index is -0.116. The van der Waals surface area contributed by atoms with Crippen LogP contribution in [0.3, 0.4) is 0 Å². The van der Waals surface area contributed by atoms with Gasteiger partial charge < -0.3 is 0 Å². The van der Waals surface area contributed by atoms with Crippen molar-refractivity contribution in [1.29, 1.82) is 0 Å². The minimum absolute atomic E-state index is 0.116. The smallest absolute Gasteiger partial charge is 0.267 e. The standard InChI is InChI=1S/C15H18N2O/c1-2-3-10-17(16)15(18)14-9-8-12-6-4-5-7-13(12)11-14/h4-9,11H,2-3,10,16H2,1H3. The zero-order valence-corrected chi connectivity index (χ0v) is 10.6. The molecule has 0 bridgehead atoms. The first-order valence-electron chi connectivity index (χ1n) is 6.27. The second kappa shape index (κ2) is 5.65. The van der Waals surface area contributed by atoms with Crippen LogP contribution >= 0.6 is 0 Å². The molecule has 3 nitrogen and oxygen atoms in total. The quantitative estimate of drug-likeness (QED) is 0.509. The number of hydrogen-bond donors (Lipinski definition) is 1. The van der Waals surface area contributed by atoms with Crippen LogP contribution in [-0.4, -0.2) is 17.5 Å². The lowest BCUT2D eigenvalue weighted by Crippen LogP contribution is -2.38. The molecule has 2 aromatic rings. The molecule has 94 valence electrons. The number of unbranched alkanes of at least 4 members (excludes halogenated alkanes) is 1. The molecule has 0 spiro atoms. The van der Waals surface area contributed by atoms with Gasteiger partial charge in [-0.3, -0.25) is 9.80 Å². The summed E-state index contributed by atoms with van der Waals surface area (Å²) in [6.07, 6.45) is 1.95. The Hall–Kier alpha value is -1.87. The highest BCUT2D eigenvalue weighted by Crippen LogP contribution is 2.16. The van der Waals surface area contributed by atoms with E-state index < -0.39 is 0 Å². The summed E-state index contributed by atoms with van der Waals surface area (Å²) in [5.41, 5.74) is 0.646. The molecule has 0 saturated carbocycles. The Morgan fingerprint density at radius 3 is 2.61 bits per heavy atom. The monoisotopic (exact) mass is 242 g/mol. The van der Waals surface area contributed by atoms with Gasteiger partial charge in [-0.2, -0.15) is 0 Å². The Morgan fingerprint density at radius 1 is 1.17 bits per heavy atom. The molecule has 0 aliphatic heterocycles. The predicted molar refractivity (Wildman–Crippen MR) is 74.1 cm³/mol. The SMILES string of the molecule is CCCCN(N)C(=O)c1ccc2ccccc2c1. The molecule has 3 heteroatoms. The summed E-state index contributed by atoms with van der Waals surface area (Å²) in [6, 6.07) is 13.7. The Balaban J connectivity index is 2.22. The van der Waals surface area contributed by atoms with Crippen molar-refractivity contribution in [2.75, 3.05) is 6.54 Å². The molecule has 0 atom stereocenters. The highest BCUT2D eigenvalue weighted by molar-refractivity contribution is 5.98. The summed E-state index contributed by atoms with van der Waals surface area (Å²) in [5, 5.41) is 3.49. The van der Waals surface area contributed by atoms with Crippen LogP contribution in [0.4, 0.5) is 0 Å². The molecule has 0 radical (unpaired) electrons. The number of hydrogen-bond acceptors (Lipinski definition) is 2. The lowest BCUT2D eigenvalue weighted by molar-refractivity contribution is 0.0753. The summed E-state index contributed by atoms with van der Waals surface area (Å²) >= 11 is 0. The molecule has 0 fully saturated rings. The highest BCUT2D eigenvalue weighted by Gasteiger charge is 2.11. The maximum atomic E-state index is 12.1. The lowest BCUT2D eigenvalue weighted by Gasteiger charge is -2.16. The van der Waals surface area contributed by atoms with Gasteiger partial charge in [0.15, 0.2) is 0 Å². The van der Waals surface area contributed by atoms with Crippen molar-refractivity contribution in [3.63, 3.8) is 0 Å². The number of carbonyl (C=O) groups excluding carboxylic acids is 1. The largest absolute Gasteiger partial charge is 0.277 e. The molecule has 18 heavy (non-hydrogen) atoms. The van der Waals surface area contributed by atoms with Gasteiger partial charge in [-0.25, -0.2) is 5.84 Å². The Labute approximate surface area is 107 Å². The molecule has 2 N–H and O–H groups in total. The number of nitrogens with two attached hydrogens (primary N) is 1. The van der Waals surface area contributed by atoms with E-state index in [1.807, 2.05) is 42.5 Å². The second-order valence-electron chi connectivity index (χ2n) is 4.41. The van der Waals surface area contributed by atoms with Gasteiger partial charge in [0.1, 0.15) is 0 Å². The molecule has 0 saturated heterocycles. The Kier molecular flexibility index (Phi) is 3.95. The van der Waals surface area contributed by atoms with Crippen molar-refractivity contribution in [3.8, 4) is 0 Å². The topological polar surface area (TPSA) is 46.3 Å². The first-order valence-corrected chi connectivity index (χ1v) is 6.27. The van der Waals surface area contributed by atoms with Crippen molar-refractivity contribution in [2.24, 2.45) is 5.84 Å². The molecule has 2 rings (SSSR count). The zero-order valence-electron chi connectivity index (χ0n) is 10.6. The van der Waals surface area contributed by atoms with Crippen LogP contribution < -0.4 is 5.84 Å². The molecule has 0 aliphatic carbocycles. The lowest BCUT2D eigenvalue weighted by atomic mass is 10.1. The fraction of sp³-hybridized carbons (Fsp3) is 0.267. The van der Waals surface area contributed by atoms with E-state index in [1.165, 1.54) is 5.01 Å². The third-order valence-electron chi connectivity index (χ3n) is 3.01. The van der Waals surface area contributed by atoms with Gasteiger partial charge in [-0.15, -0.1) is 0 Å². The molecule has 2 aromatic carbocycles.